The molecule has 0 aliphatic carbocycles. The molecule has 0 spiro atoms. The highest BCUT2D eigenvalue weighted by molar-refractivity contribution is 5.70. The number of unbranched alkanes of at least 4 members (excludes halogenated alkanes) is 10. The summed E-state index contributed by atoms with van der Waals surface area (Å²) in [6.45, 7) is 2.75. The first kappa shape index (κ1) is 29.8. The molecule has 0 amide bonds. The molecule has 36 heavy (non-hydrogen) atoms. The molecule has 4 N–H and O–H groups in total. The Hall–Kier alpha value is -2.46. The van der Waals surface area contributed by atoms with Gasteiger partial charge in [0.2, 0.25) is 5.95 Å². The molecule has 0 aliphatic heterocycles. The van der Waals surface area contributed by atoms with Crippen molar-refractivity contribution in [3.05, 3.63) is 16.7 Å². The number of aromatic amines is 1. The Labute approximate surface area is 214 Å². The summed E-state index contributed by atoms with van der Waals surface area (Å²) in [4.78, 5) is 34.1. The lowest BCUT2D eigenvalue weighted by Gasteiger charge is -2.10. The van der Waals surface area contributed by atoms with Gasteiger partial charge in [0.05, 0.1) is 19.0 Å². The van der Waals surface area contributed by atoms with Crippen molar-refractivity contribution in [3.8, 4) is 0 Å². The summed E-state index contributed by atoms with van der Waals surface area (Å²) in [5.41, 5.74) is 5.71. The van der Waals surface area contributed by atoms with Crippen LogP contribution in [0.4, 0.5) is 5.95 Å². The second kappa shape index (κ2) is 17.9. The van der Waals surface area contributed by atoms with Crippen LogP contribution in [0.3, 0.4) is 0 Å². The third kappa shape index (κ3) is 12.0. The van der Waals surface area contributed by atoms with Crippen molar-refractivity contribution in [2.24, 2.45) is 0 Å². The summed E-state index contributed by atoms with van der Waals surface area (Å²) in [6, 6.07) is 0. The lowest BCUT2D eigenvalue weighted by atomic mass is 10.0. The number of carbonyl (C=O) groups is 1. The maximum atomic E-state index is 11.9. The molecule has 1 atom stereocenters. The van der Waals surface area contributed by atoms with E-state index in [0.717, 1.165) is 44.9 Å². The van der Waals surface area contributed by atoms with Crippen LogP contribution in [-0.4, -0.2) is 49.9 Å². The van der Waals surface area contributed by atoms with E-state index < -0.39 is 5.56 Å². The monoisotopic (exact) mass is 507 g/mol. The van der Waals surface area contributed by atoms with Gasteiger partial charge in [-0.2, -0.15) is 4.98 Å². The van der Waals surface area contributed by atoms with Gasteiger partial charge in [-0.15, -0.1) is 0 Å². The molecule has 204 valence electrons. The molecule has 0 unspecified atom stereocenters. The average molecular weight is 508 g/mol. The van der Waals surface area contributed by atoms with Crippen LogP contribution in [0.25, 0.3) is 11.2 Å². The van der Waals surface area contributed by atoms with Gasteiger partial charge in [0.25, 0.3) is 5.56 Å². The van der Waals surface area contributed by atoms with E-state index in [4.69, 9.17) is 15.2 Å². The average Bonchev–Trinajstić information content (AvgIpc) is 3.25. The van der Waals surface area contributed by atoms with E-state index in [2.05, 4.69) is 21.9 Å². The number of rotatable bonds is 21. The van der Waals surface area contributed by atoms with Crippen molar-refractivity contribution in [1.82, 2.24) is 19.5 Å². The van der Waals surface area contributed by atoms with Crippen molar-refractivity contribution in [1.29, 1.82) is 0 Å². The summed E-state index contributed by atoms with van der Waals surface area (Å²) in [7, 11) is 0. The Morgan fingerprint density at radius 2 is 1.67 bits per heavy atom. The minimum absolute atomic E-state index is 0.0164. The quantitative estimate of drug-likeness (QED) is 0.166. The van der Waals surface area contributed by atoms with Crippen molar-refractivity contribution in [3.63, 3.8) is 0 Å². The smallest absolute Gasteiger partial charge is 0.305 e. The molecule has 0 saturated carbocycles. The molecule has 10 heteroatoms. The highest BCUT2D eigenvalue weighted by atomic mass is 16.6. The molecule has 0 saturated heterocycles. The van der Waals surface area contributed by atoms with Gasteiger partial charge in [-0.05, 0) is 19.3 Å². The zero-order valence-corrected chi connectivity index (χ0v) is 21.9. The Morgan fingerprint density at radius 3 is 2.36 bits per heavy atom. The number of aliphatic hydroxyl groups excluding tert-OH is 1. The summed E-state index contributed by atoms with van der Waals surface area (Å²) < 4.78 is 12.3. The number of aliphatic hydroxyl groups is 1. The minimum atomic E-state index is -0.398. The maximum Gasteiger partial charge on any atom is 0.305 e. The van der Waals surface area contributed by atoms with E-state index in [1.54, 1.807) is 4.57 Å². The number of fused-ring (bicyclic) bond motifs is 1. The standard InChI is InChI=1S/C26H45N5O5/c1-2-3-4-11-14-21(32)15-12-9-7-5-6-8-10-13-16-22(33)36-18-17-35-20-31-19-28-23-24(31)29-26(27)30-25(23)34/h19,21,32H,2-18,20H2,1H3,(H3,27,29,30,34)/t21-/m1/s1. The van der Waals surface area contributed by atoms with Gasteiger partial charge in [0.1, 0.15) is 13.3 Å². The van der Waals surface area contributed by atoms with Gasteiger partial charge in [-0.1, -0.05) is 77.6 Å². The maximum absolute atomic E-state index is 11.9. The molecule has 0 bridgehead atoms. The van der Waals surface area contributed by atoms with Gasteiger partial charge in [0, 0.05) is 6.42 Å². The summed E-state index contributed by atoms with van der Waals surface area (Å²) in [6.07, 6.45) is 17.5. The van der Waals surface area contributed by atoms with E-state index in [1.165, 1.54) is 51.3 Å². The SMILES string of the molecule is CCCCCC[C@@H](O)CCCCCCCCCCC(=O)OCCOCn1cnc2c(=O)[nH]c(N)nc21. The zero-order chi connectivity index (χ0) is 26.0. The van der Waals surface area contributed by atoms with Crippen LogP contribution in [0.1, 0.15) is 103 Å². The number of anilines is 1. The number of nitrogen functional groups attached to an aromatic ring is 1. The zero-order valence-electron chi connectivity index (χ0n) is 21.9. The highest BCUT2D eigenvalue weighted by Gasteiger charge is 2.09. The Morgan fingerprint density at radius 1 is 1.03 bits per heavy atom. The lowest BCUT2D eigenvalue weighted by Crippen LogP contribution is -2.14. The predicted molar refractivity (Wildman–Crippen MR) is 140 cm³/mol. The number of ether oxygens (including phenoxy) is 2. The van der Waals surface area contributed by atoms with Gasteiger partial charge in [0.15, 0.2) is 11.2 Å². The topological polar surface area (TPSA) is 145 Å². The second-order valence-corrected chi connectivity index (χ2v) is 9.47. The van der Waals surface area contributed by atoms with Crippen molar-refractivity contribution in [2.75, 3.05) is 18.9 Å². The largest absolute Gasteiger partial charge is 0.463 e. The number of nitrogens with one attached hydrogen (secondary N) is 1. The van der Waals surface area contributed by atoms with E-state index in [9.17, 15) is 14.7 Å². The minimum Gasteiger partial charge on any atom is -0.463 e. The Kier molecular flexibility index (Phi) is 14.8. The van der Waals surface area contributed by atoms with Gasteiger partial charge >= 0.3 is 5.97 Å². The first-order valence-corrected chi connectivity index (χ1v) is 13.6. The summed E-state index contributed by atoms with van der Waals surface area (Å²) in [5.74, 6) is -0.191. The number of nitrogens with two attached hydrogens (primary N) is 1. The first-order chi connectivity index (χ1) is 17.5. The Bertz CT molecular complexity index is 929. The fraction of sp³-hybridized carbons (Fsp3) is 0.769. The van der Waals surface area contributed by atoms with Crippen LogP contribution < -0.4 is 11.3 Å². The number of carbonyl (C=O) groups excluding carboxylic acids is 1. The molecule has 2 rings (SSSR count). The highest BCUT2D eigenvalue weighted by Crippen LogP contribution is 2.14. The number of aromatic nitrogens is 4. The van der Waals surface area contributed by atoms with Crippen molar-refractivity contribution < 1.29 is 19.4 Å². The molecule has 2 heterocycles. The molecule has 2 aromatic rings. The summed E-state index contributed by atoms with van der Waals surface area (Å²) in [5, 5.41) is 10.00. The van der Waals surface area contributed by atoms with E-state index in [1.807, 2.05) is 0 Å². The van der Waals surface area contributed by atoms with Crippen LogP contribution in [0.15, 0.2) is 11.1 Å². The third-order valence-electron chi connectivity index (χ3n) is 6.27. The number of imidazole rings is 1. The molecule has 2 aromatic heterocycles. The van der Waals surface area contributed by atoms with Crippen molar-refractivity contribution in [2.45, 2.75) is 116 Å². The fourth-order valence-corrected chi connectivity index (χ4v) is 4.18. The molecule has 0 fully saturated rings. The molecular weight excluding hydrogens is 462 g/mol. The number of hydrogen-bond acceptors (Lipinski definition) is 8. The third-order valence-corrected chi connectivity index (χ3v) is 6.27. The molecule has 0 aliphatic rings. The van der Waals surface area contributed by atoms with Crippen LogP contribution in [-0.2, 0) is 21.0 Å². The van der Waals surface area contributed by atoms with Crippen molar-refractivity contribution >= 4 is 23.1 Å². The van der Waals surface area contributed by atoms with Gasteiger partial charge in [-0.3, -0.25) is 19.1 Å². The first-order valence-electron chi connectivity index (χ1n) is 13.6. The normalized spacial score (nSPS) is 12.3. The molecule has 0 aromatic carbocycles. The number of H-pyrrole nitrogens is 1. The van der Waals surface area contributed by atoms with E-state index in [-0.39, 0.29) is 43.5 Å². The molecule has 10 nitrogen and oxygen atoms in total. The molecule has 0 radical (unpaired) electrons. The second-order valence-electron chi connectivity index (χ2n) is 9.47. The number of hydrogen-bond donors (Lipinski definition) is 3. The number of esters is 1. The van der Waals surface area contributed by atoms with Crippen LogP contribution >= 0.6 is 0 Å². The van der Waals surface area contributed by atoms with E-state index >= 15 is 0 Å². The predicted octanol–water partition coefficient (Wildman–Crippen LogP) is 4.45. The van der Waals surface area contributed by atoms with Crippen LogP contribution in [0.5, 0.6) is 0 Å². The lowest BCUT2D eigenvalue weighted by molar-refractivity contribution is -0.145. The van der Waals surface area contributed by atoms with E-state index in [0.29, 0.717) is 12.1 Å². The van der Waals surface area contributed by atoms with Crippen LogP contribution in [0.2, 0.25) is 0 Å². The fourth-order valence-electron chi connectivity index (χ4n) is 4.18. The number of nitrogens with zero attached hydrogens (tertiary/aromatic N) is 3. The van der Waals surface area contributed by atoms with Gasteiger partial charge in [-0.25, -0.2) is 4.98 Å². The van der Waals surface area contributed by atoms with Gasteiger partial charge < -0.3 is 20.3 Å². The Balaban J connectivity index is 1.38. The summed E-state index contributed by atoms with van der Waals surface area (Å²) >= 11 is 0. The molecular formula is C26H45N5O5. The van der Waals surface area contributed by atoms with Crippen LogP contribution in [0, 0.1) is 0 Å².